The number of tetrazole rings is 1. The zero-order valence-corrected chi connectivity index (χ0v) is 12.5. The van der Waals surface area contributed by atoms with Gasteiger partial charge in [-0.1, -0.05) is 13.8 Å². The molecule has 0 radical (unpaired) electrons. The van der Waals surface area contributed by atoms with Crippen molar-refractivity contribution in [2.24, 2.45) is 0 Å². The summed E-state index contributed by atoms with van der Waals surface area (Å²) in [7, 11) is 0. The van der Waals surface area contributed by atoms with Crippen LogP contribution in [0.5, 0.6) is 0 Å². The second-order valence-corrected chi connectivity index (χ2v) is 4.96. The van der Waals surface area contributed by atoms with Gasteiger partial charge in [0.05, 0.1) is 12.4 Å². The minimum atomic E-state index is 0.363. The van der Waals surface area contributed by atoms with E-state index in [0.29, 0.717) is 11.7 Å². The molecule has 0 bridgehead atoms. The lowest BCUT2D eigenvalue weighted by atomic mass is 10.2. The summed E-state index contributed by atoms with van der Waals surface area (Å²) in [6.45, 7) is 9.96. The molecule has 20 heavy (non-hydrogen) atoms. The van der Waals surface area contributed by atoms with Crippen LogP contribution in [-0.2, 0) is 0 Å². The lowest BCUT2D eigenvalue weighted by Gasteiger charge is -2.20. The third kappa shape index (κ3) is 3.63. The van der Waals surface area contributed by atoms with Crippen molar-refractivity contribution in [2.45, 2.75) is 39.7 Å². The molecule has 1 N–H and O–H groups in total. The highest BCUT2D eigenvalue weighted by molar-refractivity contribution is 5.44. The molecule has 7 nitrogen and oxygen atoms in total. The first-order valence-electron chi connectivity index (χ1n) is 7.25. The fraction of sp³-hybridized carbons (Fsp3) is 0.692. The number of nitrogens with one attached hydrogen (secondary N) is 1. The van der Waals surface area contributed by atoms with E-state index in [9.17, 15) is 0 Å². The summed E-state index contributed by atoms with van der Waals surface area (Å²) in [5.41, 5.74) is 0.658. The van der Waals surface area contributed by atoms with E-state index in [0.717, 1.165) is 31.9 Å². The molecule has 2 aromatic heterocycles. The molecule has 110 valence electrons. The first kappa shape index (κ1) is 14.6. The number of anilines is 1. The SMILES string of the molecule is CCN(CC)CCCC(C)Nc1cncc2nnnn12. The van der Waals surface area contributed by atoms with Gasteiger partial charge in [-0.05, 0) is 49.8 Å². The van der Waals surface area contributed by atoms with Gasteiger partial charge in [-0.3, -0.25) is 4.98 Å². The van der Waals surface area contributed by atoms with Crippen LogP contribution in [0, 0.1) is 0 Å². The normalized spacial score (nSPS) is 13.0. The molecule has 0 saturated carbocycles. The predicted octanol–water partition coefficient (Wildman–Crippen LogP) is 1.44. The summed E-state index contributed by atoms with van der Waals surface area (Å²) >= 11 is 0. The van der Waals surface area contributed by atoms with E-state index in [1.165, 1.54) is 6.42 Å². The Labute approximate surface area is 119 Å². The third-order valence-corrected chi connectivity index (χ3v) is 3.51. The molecule has 0 aliphatic carbocycles. The van der Waals surface area contributed by atoms with Crippen molar-refractivity contribution in [3.8, 4) is 0 Å². The van der Waals surface area contributed by atoms with Crippen LogP contribution >= 0.6 is 0 Å². The molecule has 0 spiro atoms. The Balaban J connectivity index is 1.85. The van der Waals surface area contributed by atoms with Gasteiger partial charge < -0.3 is 10.2 Å². The highest BCUT2D eigenvalue weighted by atomic mass is 15.5. The summed E-state index contributed by atoms with van der Waals surface area (Å²) in [6, 6.07) is 0.363. The highest BCUT2D eigenvalue weighted by Crippen LogP contribution is 2.10. The Morgan fingerprint density at radius 1 is 1.30 bits per heavy atom. The second kappa shape index (κ2) is 7.14. The van der Waals surface area contributed by atoms with E-state index >= 15 is 0 Å². The number of hydrogen-bond donors (Lipinski definition) is 1. The van der Waals surface area contributed by atoms with Crippen LogP contribution in [-0.4, -0.2) is 55.6 Å². The number of rotatable bonds is 8. The van der Waals surface area contributed by atoms with Gasteiger partial charge in [-0.15, -0.1) is 5.10 Å². The Kier molecular flexibility index (Phi) is 5.23. The lowest BCUT2D eigenvalue weighted by Crippen LogP contribution is -2.26. The summed E-state index contributed by atoms with van der Waals surface area (Å²) < 4.78 is 1.67. The molecule has 2 rings (SSSR count). The predicted molar refractivity (Wildman–Crippen MR) is 78.7 cm³/mol. The van der Waals surface area contributed by atoms with E-state index in [1.807, 2.05) is 0 Å². The van der Waals surface area contributed by atoms with Crippen molar-refractivity contribution in [3.63, 3.8) is 0 Å². The zero-order valence-electron chi connectivity index (χ0n) is 12.5. The van der Waals surface area contributed by atoms with Gasteiger partial charge in [0, 0.05) is 6.04 Å². The molecule has 2 heterocycles. The van der Waals surface area contributed by atoms with E-state index in [4.69, 9.17) is 0 Å². The number of aromatic nitrogens is 5. The van der Waals surface area contributed by atoms with E-state index in [1.54, 1.807) is 16.9 Å². The maximum atomic E-state index is 4.14. The molecule has 0 aliphatic rings. The Hall–Kier alpha value is -1.76. The minimum Gasteiger partial charge on any atom is -0.366 e. The van der Waals surface area contributed by atoms with Gasteiger partial charge in [0.1, 0.15) is 0 Å². The van der Waals surface area contributed by atoms with Gasteiger partial charge in [-0.25, -0.2) is 0 Å². The monoisotopic (exact) mass is 277 g/mol. The van der Waals surface area contributed by atoms with E-state index in [-0.39, 0.29) is 0 Å². The first-order chi connectivity index (χ1) is 9.74. The molecule has 0 amide bonds. The van der Waals surface area contributed by atoms with Crippen molar-refractivity contribution in [1.82, 2.24) is 29.9 Å². The fourth-order valence-corrected chi connectivity index (χ4v) is 2.26. The van der Waals surface area contributed by atoms with Gasteiger partial charge in [0.15, 0.2) is 11.5 Å². The third-order valence-electron chi connectivity index (χ3n) is 3.51. The zero-order chi connectivity index (χ0) is 14.4. The van der Waals surface area contributed by atoms with Crippen LogP contribution in [0.3, 0.4) is 0 Å². The molecule has 1 unspecified atom stereocenters. The molecular formula is C13H23N7. The molecular weight excluding hydrogens is 254 g/mol. The van der Waals surface area contributed by atoms with Crippen molar-refractivity contribution in [2.75, 3.05) is 25.0 Å². The average molecular weight is 277 g/mol. The second-order valence-electron chi connectivity index (χ2n) is 4.96. The molecule has 0 aliphatic heterocycles. The standard InChI is InChI=1S/C13H23N7/c1-4-19(5-2)8-6-7-11(3)15-12-9-14-10-13-16-17-18-20(12)13/h9-11,15H,4-8H2,1-3H3. The van der Waals surface area contributed by atoms with Crippen LogP contribution in [0.15, 0.2) is 12.4 Å². The van der Waals surface area contributed by atoms with Gasteiger partial charge in [-0.2, -0.15) is 4.52 Å². The summed E-state index contributed by atoms with van der Waals surface area (Å²) in [4.78, 5) is 6.58. The number of hydrogen-bond acceptors (Lipinski definition) is 6. The van der Waals surface area contributed by atoms with Gasteiger partial charge in [0.25, 0.3) is 0 Å². The molecule has 7 heteroatoms. The number of fused-ring (bicyclic) bond motifs is 1. The van der Waals surface area contributed by atoms with Crippen molar-refractivity contribution in [3.05, 3.63) is 12.4 Å². The molecule has 0 aromatic carbocycles. The Morgan fingerprint density at radius 2 is 2.10 bits per heavy atom. The van der Waals surface area contributed by atoms with Crippen LogP contribution in [0.4, 0.5) is 5.82 Å². The largest absolute Gasteiger partial charge is 0.366 e. The maximum absolute atomic E-state index is 4.14. The molecule has 0 fully saturated rings. The van der Waals surface area contributed by atoms with Gasteiger partial charge >= 0.3 is 0 Å². The first-order valence-corrected chi connectivity index (χ1v) is 7.25. The average Bonchev–Trinajstić information content (AvgIpc) is 2.93. The fourth-order valence-electron chi connectivity index (χ4n) is 2.26. The van der Waals surface area contributed by atoms with E-state index in [2.05, 4.69) is 51.5 Å². The smallest absolute Gasteiger partial charge is 0.199 e. The topological polar surface area (TPSA) is 71.2 Å². The van der Waals surface area contributed by atoms with Crippen molar-refractivity contribution < 1.29 is 0 Å². The van der Waals surface area contributed by atoms with Crippen LogP contribution in [0.2, 0.25) is 0 Å². The molecule has 2 aromatic rings. The molecule has 0 saturated heterocycles. The van der Waals surface area contributed by atoms with Crippen molar-refractivity contribution in [1.29, 1.82) is 0 Å². The summed E-state index contributed by atoms with van der Waals surface area (Å²) in [5, 5.41) is 14.9. The Bertz CT molecular complexity index is 520. The maximum Gasteiger partial charge on any atom is 0.199 e. The minimum absolute atomic E-state index is 0.363. The Morgan fingerprint density at radius 3 is 2.85 bits per heavy atom. The summed E-state index contributed by atoms with van der Waals surface area (Å²) in [6.07, 6.45) is 5.68. The number of nitrogens with zero attached hydrogens (tertiary/aromatic N) is 6. The van der Waals surface area contributed by atoms with Crippen LogP contribution in [0.25, 0.3) is 5.65 Å². The van der Waals surface area contributed by atoms with E-state index < -0.39 is 0 Å². The van der Waals surface area contributed by atoms with Gasteiger partial charge in [0.2, 0.25) is 0 Å². The van der Waals surface area contributed by atoms with Crippen LogP contribution in [0.1, 0.15) is 33.6 Å². The summed E-state index contributed by atoms with van der Waals surface area (Å²) in [5.74, 6) is 0.836. The van der Waals surface area contributed by atoms with Crippen molar-refractivity contribution >= 4 is 11.5 Å². The quantitative estimate of drug-likeness (QED) is 0.787. The lowest BCUT2D eigenvalue weighted by molar-refractivity contribution is 0.295. The highest BCUT2D eigenvalue weighted by Gasteiger charge is 2.08. The van der Waals surface area contributed by atoms with Crippen LogP contribution < -0.4 is 5.32 Å². The molecule has 1 atom stereocenters.